The fourth-order valence-electron chi connectivity index (χ4n) is 3.78. The average molecular weight is 411 g/mol. The highest BCUT2D eigenvalue weighted by Crippen LogP contribution is 2.46. The van der Waals surface area contributed by atoms with Gasteiger partial charge < -0.3 is 10.0 Å². The van der Waals surface area contributed by atoms with Crippen LogP contribution in [-0.4, -0.2) is 30.1 Å². The number of aromatic carboxylic acids is 1. The van der Waals surface area contributed by atoms with Crippen molar-refractivity contribution in [2.75, 3.05) is 14.1 Å². The summed E-state index contributed by atoms with van der Waals surface area (Å²) in [6.45, 7) is 4.63. The van der Waals surface area contributed by atoms with E-state index in [1.807, 2.05) is 19.0 Å². The Balaban J connectivity index is 2.25. The maximum atomic E-state index is 13.3. The lowest BCUT2D eigenvalue weighted by Crippen LogP contribution is -2.22. The summed E-state index contributed by atoms with van der Waals surface area (Å²) >= 11 is 1.34. The summed E-state index contributed by atoms with van der Waals surface area (Å²) in [4.78, 5) is 15.4. The third-order valence-electron chi connectivity index (χ3n) is 5.16. The van der Waals surface area contributed by atoms with Gasteiger partial charge in [-0.3, -0.25) is 0 Å². The van der Waals surface area contributed by atoms with Gasteiger partial charge in [-0.25, -0.2) is 4.79 Å². The third kappa shape index (κ3) is 4.10. The first-order chi connectivity index (χ1) is 12.9. The molecule has 0 fully saturated rings. The number of benzene rings is 1. The number of halogens is 3. The van der Waals surface area contributed by atoms with Crippen molar-refractivity contribution in [1.29, 1.82) is 0 Å². The third-order valence-corrected chi connectivity index (χ3v) is 6.48. The molecular formula is C21H24F3NO2S. The molecule has 0 saturated heterocycles. The molecular weight excluding hydrogens is 387 g/mol. The van der Waals surface area contributed by atoms with Crippen LogP contribution in [0.5, 0.6) is 0 Å². The Kier molecular flexibility index (Phi) is 5.36. The highest BCUT2D eigenvalue weighted by Gasteiger charge is 2.35. The largest absolute Gasteiger partial charge is 0.478 e. The molecule has 0 aliphatic heterocycles. The van der Waals surface area contributed by atoms with Crippen molar-refractivity contribution in [2.24, 2.45) is 5.41 Å². The maximum absolute atomic E-state index is 13.3. The molecule has 0 spiro atoms. The van der Waals surface area contributed by atoms with Gasteiger partial charge in [0.25, 0.3) is 0 Å². The molecule has 0 radical (unpaired) electrons. The van der Waals surface area contributed by atoms with Gasteiger partial charge in [-0.2, -0.15) is 13.2 Å². The van der Waals surface area contributed by atoms with E-state index in [-0.39, 0.29) is 11.0 Å². The molecule has 0 atom stereocenters. The standard InChI is InChI=1S/C21H24F3NO2S/c1-20(2)8-7-16-15(10-20)17(19(26)27)18(28-16)14-9-13(21(22,23)24)6-5-12(14)11-25(3)4/h5-6,9H,7-8,10-11H2,1-4H3,(H,26,27). The van der Waals surface area contributed by atoms with Crippen LogP contribution in [0.25, 0.3) is 10.4 Å². The Labute approximate surface area is 166 Å². The second kappa shape index (κ2) is 7.19. The molecule has 1 aliphatic carbocycles. The van der Waals surface area contributed by atoms with E-state index >= 15 is 0 Å². The van der Waals surface area contributed by atoms with Crippen LogP contribution in [-0.2, 0) is 25.6 Å². The number of alkyl halides is 3. The van der Waals surface area contributed by atoms with E-state index in [2.05, 4.69) is 13.8 Å². The summed E-state index contributed by atoms with van der Waals surface area (Å²) in [5.74, 6) is -1.07. The summed E-state index contributed by atoms with van der Waals surface area (Å²) in [7, 11) is 3.67. The first-order valence-electron chi connectivity index (χ1n) is 9.12. The number of hydrogen-bond donors (Lipinski definition) is 1. The quantitative estimate of drug-likeness (QED) is 0.701. The summed E-state index contributed by atoms with van der Waals surface area (Å²) in [6, 6.07) is 3.64. The fraction of sp³-hybridized carbons (Fsp3) is 0.476. The van der Waals surface area contributed by atoms with Gasteiger partial charge in [-0.1, -0.05) is 19.9 Å². The molecule has 3 rings (SSSR count). The molecule has 3 nitrogen and oxygen atoms in total. The molecule has 1 aromatic heterocycles. The molecule has 1 heterocycles. The molecule has 1 aliphatic rings. The SMILES string of the molecule is CN(C)Cc1ccc(C(F)(F)F)cc1-c1sc2c(c1C(=O)O)CC(C)(C)CC2. The Morgan fingerprint density at radius 2 is 1.96 bits per heavy atom. The Hall–Kier alpha value is -1.86. The number of hydrogen-bond acceptors (Lipinski definition) is 3. The van der Waals surface area contributed by atoms with Crippen LogP contribution < -0.4 is 0 Å². The van der Waals surface area contributed by atoms with Gasteiger partial charge in [0.1, 0.15) is 0 Å². The van der Waals surface area contributed by atoms with Gasteiger partial charge in [0.2, 0.25) is 0 Å². The van der Waals surface area contributed by atoms with Crippen molar-refractivity contribution < 1.29 is 23.1 Å². The van der Waals surface area contributed by atoms with Crippen molar-refractivity contribution in [3.05, 3.63) is 45.3 Å². The number of carbonyl (C=O) groups is 1. The van der Waals surface area contributed by atoms with Crippen molar-refractivity contribution in [3.63, 3.8) is 0 Å². The second-order valence-electron chi connectivity index (χ2n) is 8.46. The number of aryl methyl sites for hydroxylation is 1. The van der Waals surface area contributed by atoms with Crippen LogP contribution in [0.4, 0.5) is 13.2 Å². The van der Waals surface area contributed by atoms with E-state index in [0.717, 1.165) is 35.4 Å². The van der Waals surface area contributed by atoms with Crippen LogP contribution in [0.2, 0.25) is 0 Å². The van der Waals surface area contributed by atoms with E-state index in [0.29, 0.717) is 29.0 Å². The fourth-order valence-corrected chi connectivity index (χ4v) is 5.14. The second-order valence-corrected chi connectivity index (χ2v) is 9.57. The normalized spacial score (nSPS) is 16.3. The molecule has 0 bridgehead atoms. The average Bonchev–Trinajstić information content (AvgIpc) is 2.90. The lowest BCUT2D eigenvalue weighted by Gasteiger charge is -2.29. The van der Waals surface area contributed by atoms with Crippen LogP contribution in [0, 0.1) is 5.41 Å². The number of carboxylic acid groups (broad SMARTS) is 1. The van der Waals surface area contributed by atoms with Crippen LogP contribution in [0.1, 0.15) is 52.2 Å². The van der Waals surface area contributed by atoms with Crippen LogP contribution in [0.15, 0.2) is 18.2 Å². The number of fused-ring (bicyclic) bond motifs is 1. The highest BCUT2D eigenvalue weighted by atomic mass is 32.1. The van der Waals surface area contributed by atoms with Crippen LogP contribution in [0.3, 0.4) is 0 Å². The van der Waals surface area contributed by atoms with Gasteiger partial charge in [0.05, 0.1) is 11.1 Å². The van der Waals surface area contributed by atoms with Gasteiger partial charge in [-0.15, -0.1) is 11.3 Å². The minimum Gasteiger partial charge on any atom is -0.478 e. The van der Waals surface area contributed by atoms with E-state index < -0.39 is 17.7 Å². The van der Waals surface area contributed by atoms with Crippen molar-refractivity contribution in [1.82, 2.24) is 4.90 Å². The summed E-state index contributed by atoms with van der Waals surface area (Å²) in [6.07, 6.45) is -2.16. The molecule has 152 valence electrons. The van der Waals surface area contributed by atoms with E-state index in [9.17, 15) is 23.1 Å². The first kappa shape index (κ1) is 20.9. The lowest BCUT2D eigenvalue weighted by molar-refractivity contribution is -0.137. The molecule has 28 heavy (non-hydrogen) atoms. The zero-order chi connectivity index (χ0) is 20.9. The molecule has 0 saturated carbocycles. The number of nitrogens with zero attached hydrogens (tertiary/aromatic N) is 1. The molecule has 2 aromatic rings. The predicted molar refractivity (Wildman–Crippen MR) is 105 cm³/mol. The van der Waals surface area contributed by atoms with Gasteiger partial charge in [0.15, 0.2) is 0 Å². The summed E-state index contributed by atoms with van der Waals surface area (Å²) in [5.41, 5.74) is 1.25. The molecule has 1 N–H and O–H groups in total. The molecule has 0 unspecified atom stereocenters. The number of carboxylic acids is 1. The summed E-state index contributed by atoms with van der Waals surface area (Å²) < 4.78 is 40.0. The highest BCUT2D eigenvalue weighted by molar-refractivity contribution is 7.16. The maximum Gasteiger partial charge on any atom is 0.416 e. The van der Waals surface area contributed by atoms with Crippen LogP contribution >= 0.6 is 11.3 Å². The molecule has 1 aromatic carbocycles. The topological polar surface area (TPSA) is 40.5 Å². The van der Waals surface area contributed by atoms with Crippen molar-refractivity contribution >= 4 is 17.3 Å². The van der Waals surface area contributed by atoms with Gasteiger partial charge in [-0.05, 0) is 67.6 Å². The monoisotopic (exact) mass is 411 g/mol. The minimum atomic E-state index is -4.48. The molecule has 0 amide bonds. The number of rotatable bonds is 4. The minimum absolute atomic E-state index is 0.0180. The van der Waals surface area contributed by atoms with E-state index in [1.54, 1.807) is 0 Å². The summed E-state index contributed by atoms with van der Waals surface area (Å²) in [5, 5.41) is 9.92. The Bertz CT molecular complexity index is 913. The lowest BCUT2D eigenvalue weighted by atomic mass is 9.76. The molecule has 7 heteroatoms. The zero-order valence-electron chi connectivity index (χ0n) is 16.4. The van der Waals surface area contributed by atoms with Gasteiger partial charge in [0, 0.05) is 16.3 Å². The van der Waals surface area contributed by atoms with E-state index in [4.69, 9.17) is 0 Å². The smallest absolute Gasteiger partial charge is 0.416 e. The zero-order valence-corrected chi connectivity index (χ0v) is 17.2. The van der Waals surface area contributed by atoms with Crippen molar-refractivity contribution in [3.8, 4) is 10.4 Å². The predicted octanol–water partition coefficient (Wildman–Crippen LogP) is 5.71. The Morgan fingerprint density at radius 1 is 1.29 bits per heavy atom. The van der Waals surface area contributed by atoms with E-state index in [1.165, 1.54) is 17.4 Å². The number of thiophene rings is 1. The van der Waals surface area contributed by atoms with Crippen molar-refractivity contribution in [2.45, 2.75) is 45.8 Å². The Morgan fingerprint density at radius 3 is 2.54 bits per heavy atom. The van der Waals surface area contributed by atoms with Gasteiger partial charge >= 0.3 is 12.1 Å². The first-order valence-corrected chi connectivity index (χ1v) is 9.94.